The van der Waals surface area contributed by atoms with Crippen molar-refractivity contribution in [2.75, 3.05) is 6.61 Å². The number of rotatable bonds is 7. The molecule has 0 fully saturated rings. The fraction of sp³-hybridized carbons (Fsp3) is 0.167. The highest BCUT2D eigenvalue weighted by molar-refractivity contribution is 7.98. The van der Waals surface area contributed by atoms with Gasteiger partial charge in [-0.2, -0.15) is 9.67 Å². The molecule has 0 saturated heterocycles. The van der Waals surface area contributed by atoms with Crippen LogP contribution in [-0.2, 0) is 5.75 Å². The van der Waals surface area contributed by atoms with Crippen LogP contribution in [0.4, 0.5) is 4.39 Å². The summed E-state index contributed by atoms with van der Waals surface area (Å²) in [5.41, 5.74) is 1.40. The van der Waals surface area contributed by atoms with Crippen LogP contribution < -0.4 is 4.74 Å². The van der Waals surface area contributed by atoms with E-state index in [0.29, 0.717) is 40.5 Å². The summed E-state index contributed by atoms with van der Waals surface area (Å²) >= 11 is 1.37. The molecule has 4 rings (SSSR count). The first kappa shape index (κ1) is 18.1. The van der Waals surface area contributed by atoms with Gasteiger partial charge in [0.25, 0.3) is 5.89 Å². The number of benzene rings is 2. The van der Waals surface area contributed by atoms with Crippen molar-refractivity contribution in [3.63, 3.8) is 0 Å². The number of para-hydroxylation sites is 2. The van der Waals surface area contributed by atoms with Crippen molar-refractivity contribution < 1.29 is 13.7 Å². The average molecular weight is 398 g/mol. The first-order valence-corrected chi connectivity index (χ1v) is 9.45. The van der Waals surface area contributed by atoms with E-state index in [-0.39, 0.29) is 5.82 Å². The van der Waals surface area contributed by atoms with Crippen molar-refractivity contribution >= 4 is 11.8 Å². The monoisotopic (exact) mass is 398 g/mol. The molecule has 28 heavy (non-hydrogen) atoms. The van der Waals surface area contributed by atoms with Gasteiger partial charge in [-0.25, -0.2) is 4.39 Å². The normalized spacial score (nSPS) is 10.9. The second-order valence-corrected chi connectivity index (χ2v) is 6.53. The van der Waals surface area contributed by atoms with Crippen LogP contribution in [0.2, 0.25) is 0 Å². The van der Waals surface area contributed by atoms with Crippen LogP contribution in [0.5, 0.6) is 5.75 Å². The maximum atomic E-state index is 13.0. The largest absolute Gasteiger partial charge is 0.492 e. The Bertz CT molecular complexity index is 1070. The maximum Gasteiger partial charge on any atom is 0.257 e. The lowest BCUT2D eigenvalue weighted by Crippen LogP contribution is -2.03. The molecule has 0 N–H and O–H groups in total. The number of aromatic nitrogens is 6. The Labute approximate surface area is 163 Å². The molecule has 2 aromatic heterocycles. The van der Waals surface area contributed by atoms with Gasteiger partial charge in [-0.3, -0.25) is 0 Å². The molecule has 0 amide bonds. The maximum absolute atomic E-state index is 13.0. The molecule has 0 radical (unpaired) electrons. The smallest absolute Gasteiger partial charge is 0.257 e. The van der Waals surface area contributed by atoms with E-state index < -0.39 is 0 Å². The zero-order valence-electron chi connectivity index (χ0n) is 14.8. The Morgan fingerprint density at radius 2 is 1.96 bits per heavy atom. The van der Waals surface area contributed by atoms with E-state index in [1.807, 2.05) is 31.2 Å². The molecular formula is C18H15FN6O2S. The lowest BCUT2D eigenvalue weighted by atomic mass is 10.2. The quantitative estimate of drug-likeness (QED) is 0.437. The molecule has 0 unspecified atom stereocenters. The van der Waals surface area contributed by atoms with Crippen molar-refractivity contribution in [1.82, 2.24) is 30.3 Å². The van der Waals surface area contributed by atoms with Crippen molar-refractivity contribution in [2.24, 2.45) is 0 Å². The third-order valence-electron chi connectivity index (χ3n) is 3.72. The van der Waals surface area contributed by atoms with Crippen molar-refractivity contribution in [3.05, 3.63) is 60.2 Å². The van der Waals surface area contributed by atoms with E-state index in [0.717, 1.165) is 5.69 Å². The molecule has 10 heteroatoms. The third kappa shape index (κ3) is 3.86. The zero-order chi connectivity index (χ0) is 19.3. The van der Waals surface area contributed by atoms with Crippen LogP contribution in [0, 0.1) is 5.82 Å². The van der Waals surface area contributed by atoms with E-state index in [4.69, 9.17) is 9.26 Å². The van der Waals surface area contributed by atoms with E-state index in [1.165, 1.54) is 23.9 Å². The molecule has 0 aliphatic carbocycles. The molecule has 2 heterocycles. The first-order valence-electron chi connectivity index (χ1n) is 8.46. The van der Waals surface area contributed by atoms with Gasteiger partial charge in [-0.05, 0) is 53.7 Å². The minimum atomic E-state index is -0.321. The standard InChI is InChI=1S/C18H15FN6O2S/c1-2-26-15-6-4-3-5-14(15)25-18(21-23-24-25)28-11-16-20-17(27-22-16)12-7-9-13(19)10-8-12/h3-10H,2,11H2,1H3. The van der Waals surface area contributed by atoms with Crippen molar-refractivity contribution in [3.8, 4) is 22.9 Å². The summed E-state index contributed by atoms with van der Waals surface area (Å²) in [4.78, 5) is 4.34. The van der Waals surface area contributed by atoms with Gasteiger partial charge in [0.2, 0.25) is 5.16 Å². The Hall–Kier alpha value is -3.27. The molecule has 142 valence electrons. The van der Waals surface area contributed by atoms with Gasteiger partial charge in [-0.1, -0.05) is 29.1 Å². The molecule has 0 bridgehead atoms. The number of hydrogen-bond donors (Lipinski definition) is 0. The summed E-state index contributed by atoms with van der Waals surface area (Å²) in [6, 6.07) is 13.4. The molecule has 0 aliphatic rings. The molecule has 0 aliphatic heterocycles. The van der Waals surface area contributed by atoms with Crippen LogP contribution >= 0.6 is 11.8 Å². The van der Waals surface area contributed by atoms with Crippen LogP contribution in [0.25, 0.3) is 17.1 Å². The highest BCUT2D eigenvalue weighted by Gasteiger charge is 2.15. The van der Waals surface area contributed by atoms with Gasteiger partial charge in [0.15, 0.2) is 5.82 Å². The van der Waals surface area contributed by atoms with Gasteiger partial charge < -0.3 is 9.26 Å². The highest BCUT2D eigenvalue weighted by atomic mass is 32.2. The minimum Gasteiger partial charge on any atom is -0.492 e. The molecule has 4 aromatic rings. The van der Waals surface area contributed by atoms with E-state index in [1.54, 1.807) is 16.8 Å². The third-order valence-corrected chi connectivity index (χ3v) is 4.64. The summed E-state index contributed by atoms with van der Waals surface area (Å²) in [6.07, 6.45) is 0. The number of halogens is 1. The average Bonchev–Trinajstić information content (AvgIpc) is 3.37. The van der Waals surface area contributed by atoms with Crippen molar-refractivity contribution in [1.29, 1.82) is 0 Å². The van der Waals surface area contributed by atoms with Crippen LogP contribution in [0.15, 0.2) is 58.2 Å². The first-order chi connectivity index (χ1) is 13.7. The van der Waals surface area contributed by atoms with Gasteiger partial charge in [0.1, 0.15) is 17.3 Å². The molecular weight excluding hydrogens is 383 g/mol. The summed E-state index contributed by atoms with van der Waals surface area (Å²) in [7, 11) is 0. The van der Waals surface area contributed by atoms with Crippen LogP contribution in [0.3, 0.4) is 0 Å². The van der Waals surface area contributed by atoms with Crippen LogP contribution in [0.1, 0.15) is 12.7 Å². The number of nitrogens with zero attached hydrogens (tertiary/aromatic N) is 6. The number of tetrazole rings is 1. The Morgan fingerprint density at radius 1 is 1.14 bits per heavy atom. The lowest BCUT2D eigenvalue weighted by Gasteiger charge is -2.10. The lowest BCUT2D eigenvalue weighted by molar-refractivity contribution is 0.337. The molecule has 8 nitrogen and oxygen atoms in total. The SMILES string of the molecule is CCOc1ccccc1-n1nnnc1SCc1noc(-c2ccc(F)cc2)n1. The van der Waals surface area contributed by atoms with Gasteiger partial charge >= 0.3 is 0 Å². The summed E-state index contributed by atoms with van der Waals surface area (Å²) in [5, 5.41) is 16.4. The predicted octanol–water partition coefficient (Wildman–Crippen LogP) is 3.54. The molecule has 2 aromatic carbocycles. The predicted molar refractivity (Wildman–Crippen MR) is 99.6 cm³/mol. The second kappa shape index (κ2) is 8.17. The second-order valence-electron chi connectivity index (χ2n) is 5.59. The van der Waals surface area contributed by atoms with Crippen LogP contribution in [-0.4, -0.2) is 37.0 Å². The number of thioether (sulfide) groups is 1. The van der Waals surface area contributed by atoms with E-state index in [2.05, 4.69) is 25.7 Å². The number of hydrogen-bond acceptors (Lipinski definition) is 8. The Morgan fingerprint density at radius 3 is 2.79 bits per heavy atom. The topological polar surface area (TPSA) is 91.8 Å². The van der Waals surface area contributed by atoms with Crippen molar-refractivity contribution in [2.45, 2.75) is 17.8 Å². The minimum absolute atomic E-state index is 0.321. The summed E-state index contributed by atoms with van der Waals surface area (Å²) in [5.74, 6) is 1.59. The van der Waals surface area contributed by atoms with Gasteiger partial charge in [-0.15, -0.1) is 5.10 Å². The van der Waals surface area contributed by atoms with Gasteiger partial charge in [0, 0.05) is 5.56 Å². The summed E-state index contributed by atoms with van der Waals surface area (Å²) < 4.78 is 25.5. The highest BCUT2D eigenvalue weighted by Crippen LogP contribution is 2.27. The summed E-state index contributed by atoms with van der Waals surface area (Å²) in [6.45, 7) is 2.46. The Kier molecular flexibility index (Phi) is 5.29. The van der Waals surface area contributed by atoms with E-state index in [9.17, 15) is 4.39 Å². The Balaban J connectivity index is 1.50. The molecule has 0 saturated carbocycles. The molecule has 0 spiro atoms. The van der Waals surface area contributed by atoms with E-state index >= 15 is 0 Å². The molecule has 0 atom stereocenters. The fourth-order valence-electron chi connectivity index (χ4n) is 2.48. The zero-order valence-corrected chi connectivity index (χ0v) is 15.6. The fourth-order valence-corrected chi connectivity index (χ4v) is 3.21. The number of ether oxygens (including phenoxy) is 1. The van der Waals surface area contributed by atoms with Gasteiger partial charge in [0.05, 0.1) is 12.4 Å².